The van der Waals surface area contributed by atoms with E-state index in [1.807, 2.05) is 55.5 Å². The van der Waals surface area contributed by atoms with Crippen molar-refractivity contribution in [2.45, 2.75) is 20.0 Å². The molecule has 0 spiro atoms. The van der Waals surface area contributed by atoms with Gasteiger partial charge < -0.3 is 14.9 Å². The fraction of sp³-hybridized carbons (Fsp3) is 0.125. The van der Waals surface area contributed by atoms with Crippen LogP contribution in [0.25, 0.3) is 33.7 Å². The highest BCUT2D eigenvalue weighted by molar-refractivity contribution is 5.94. The Morgan fingerprint density at radius 3 is 2.73 bits per heavy atom. The zero-order chi connectivity index (χ0) is 20.8. The maximum Gasteiger partial charge on any atom is 0.338 e. The second-order valence-electron chi connectivity index (χ2n) is 7.43. The van der Waals surface area contributed by atoms with E-state index in [2.05, 4.69) is 0 Å². The number of carbonyl (C=O) groups excluding carboxylic acids is 2. The predicted molar refractivity (Wildman–Crippen MR) is 112 cm³/mol. The molecule has 0 unspecified atom stereocenters. The summed E-state index contributed by atoms with van der Waals surface area (Å²) in [6, 6.07) is 17.0. The Hall–Kier alpha value is -3.93. The number of fused-ring (bicyclic) bond motifs is 2. The molecule has 2 N–H and O–H groups in total. The summed E-state index contributed by atoms with van der Waals surface area (Å²) in [7, 11) is 0. The van der Waals surface area contributed by atoms with Crippen LogP contribution in [0, 0.1) is 6.92 Å². The number of aromatic nitrogens is 1. The minimum Gasteiger partial charge on any atom is -0.457 e. The van der Waals surface area contributed by atoms with E-state index in [0.717, 1.165) is 38.9 Å². The van der Waals surface area contributed by atoms with Crippen LogP contribution in [-0.4, -0.2) is 16.9 Å². The predicted octanol–water partition coefficient (Wildman–Crippen LogP) is 4.17. The third kappa shape index (κ3) is 3.12. The molecule has 3 heterocycles. The van der Waals surface area contributed by atoms with E-state index in [1.54, 1.807) is 6.07 Å². The van der Waals surface area contributed by atoms with E-state index < -0.39 is 0 Å². The normalized spacial score (nSPS) is 12.8. The first kappa shape index (κ1) is 18.1. The highest BCUT2D eigenvalue weighted by atomic mass is 16.5. The number of hydrogen-bond acceptors (Lipinski definition) is 5. The Labute approximate surface area is 172 Å². The van der Waals surface area contributed by atoms with Gasteiger partial charge in [0.25, 0.3) is 0 Å². The molecule has 0 saturated carbocycles. The minimum atomic E-state index is -0.362. The number of hydrogen-bond donors (Lipinski definition) is 1. The zero-order valence-corrected chi connectivity index (χ0v) is 16.3. The Bertz CT molecular complexity index is 1340. The number of primary amides is 1. The molecule has 0 radical (unpaired) electrons. The average Bonchev–Trinajstić information content (AvgIpc) is 3.35. The number of pyridine rings is 1. The number of aryl methyl sites for hydroxylation is 1. The monoisotopic (exact) mass is 398 g/mol. The first-order chi connectivity index (χ1) is 14.5. The van der Waals surface area contributed by atoms with E-state index in [0.29, 0.717) is 23.7 Å². The standard InChI is InChI=1S/C24H18N2O4/c1-13-8-20(26-19-5-2-14(9-17(13)19)10-23(25)27)22-7-6-21(30-22)15-3-4-16-12-29-24(28)18(16)11-15/h2-9,11H,10,12H2,1H3,(H2,25,27). The molecule has 0 aliphatic carbocycles. The molecule has 1 aliphatic heterocycles. The fourth-order valence-electron chi connectivity index (χ4n) is 3.78. The smallest absolute Gasteiger partial charge is 0.338 e. The molecule has 0 fully saturated rings. The summed E-state index contributed by atoms with van der Waals surface area (Å²) < 4.78 is 11.1. The summed E-state index contributed by atoms with van der Waals surface area (Å²) in [4.78, 5) is 27.7. The molecule has 6 nitrogen and oxygen atoms in total. The van der Waals surface area contributed by atoms with Crippen molar-refractivity contribution in [3.8, 4) is 22.8 Å². The average molecular weight is 398 g/mol. The molecular weight excluding hydrogens is 380 g/mol. The lowest BCUT2D eigenvalue weighted by Gasteiger charge is -2.07. The van der Waals surface area contributed by atoms with Crippen LogP contribution in [0.15, 0.2) is 59.0 Å². The third-order valence-electron chi connectivity index (χ3n) is 5.29. The maximum atomic E-state index is 11.8. The molecule has 0 atom stereocenters. The van der Waals surface area contributed by atoms with Crippen molar-refractivity contribution in [2.75, 3.05) is 0 Å². The molecule has 4 aromatic rings. The van der Waals surface area contributed by atoms with Gasteiger partial charge in [-0.05, 0) is 54.4 Å². The van der Waals surface area contributed by atoms with E-state index in [-0.39, 0.29) is 18.3 Å². The molecule has 1 amide bonds. The van der Waals surface area contributed by atoms with Gasteiger partial charge in [-0.25, -0.2) is 9.78 Å². The number of benzene rings is 2. The fourth-order valence-corrected chi connectivity index (χ4v) is 3.78. The molecular formula is C24H18N2O4. The molecule has 148 valence electrons. The molecule has 2 aromatic carbocycles. The van der Waals surface area contributed by atoms with Crippen LogP contribution in [0.1, 0.15) is 27.0 Å². The largest absolute Gasteiger partial charge is 0.457 e. The van der Waals surface area contributed by atoms with Crippen molar-refractivity contribution >= 4 is 22.8 Å². The van der Waals surface area contributed by atoms with Gasteiger partial charge in [-0.2, -0.15) is 0 Å². The van der Waals surface area contributed by atoms with Gasteiger partial charge in [0.05, 0.1) is 17.5 Å². The Kier molecular flexibility index (Phi) is 4.13. The molecule has 6 heteroatoms. The molecule has 30 heavy (non-hydrogen) atoms. The summed E-state index contributed by atoms with van der Waals surface area (Å²) in [6.07, 6.45) is 0.201. The number of amides is 1. The van der Waals surface area contributed by atoms with Crippen LogP contribution in [0.5, 0.6) is 0 Å². The van der Waals surface area contributed by atoms with Gasteiger partial charge in [-0.3, -0.25) is 4.79 Å². The van der Waals surface area contributed by atoms with Crippen molar-refractivity contribution in [3.63, 3.8) is 0 Å². The number of carbonyl (C=O) groups is 2. The van der Waals surface area contributed by atoms with Gasteiger partial charge in [0.2, 0.25) is 5.91 Å². The quantitative estimate of drug-likeness (QED) is 0.521. The lowest BCUT2D eigenvalue weighted by atomic mass is 10.0. The van der Waals surface area contributed by atoms with Crippen LogP contribution < -0.4 is 5.73 Å². The van der Waals surface area contributed by atoms with Gasteiger partial charge in [-0.1, -0.05) is 18.2 Å². The molecule has 5 rings (SSSR count). The third-order valence-corrected chi connectivity index (χ3v) is 5.29. The summed E-state index contributed by atoms with van der Waals surface area (Å²) in [5, 5.41) is 0.974. The van der Waals surface area contributed by atoms with E-state index in [9.17, 15) is 9.59 Å². The second-order valence-corrected chi connectivity index (χ2v) is 7.43. The van der Waals surface area contributed by atoms with Crippen LogP contribution in [0.3, 0.4) is 0 Å². The number of ether oxygens (including phenoxy) is 1. The van der Waals surface area contributed by atoms with Gasteiger partial charge in [0.1, 0.15) is 18.1 Å². The van der Waals surface area contributed by atoms with Gasteiger partial charge >= 0.3 is 5.97 Å². The van der Waals surface area contributed by atoms with Gasteiger partial charge in [0, 0.05) is 16.5 Å². The van der Waals surface area contributed by atoms with E-state index in [1.165, 1.54) is 0 Å². The first-order valence-corrected chi connectivity index (χ1v) is 9.57. The maximum absolute atomic E-state index is 11.8. The number of esters is 1. The van der Waals surface area contributed by atoms with E-state index >= 15 is 0 Å². The summed E-state index contributed by atoms with van der Waals surface area (Å²) in [6.45, 7) is 2.32. The SMILES string of the molecule is Cc1cc(-c2ccc(-c3ccc4c(c3)C(=O)OC4)o2)nc2ccc(CC(N)=O)cc12. The minimum absolute atomic E-state index is 0.201. The first-order valence-electron chi connectivity index (χ1n) is 9.57. The topological polar surface area (TPSA) is 95.4 Å². The summed E-state index contributed by atoms with van der Waals surface area (Å²) in [5.74, 6) is 0.629. The van der Waals surface area contributed by atoms with Crippen LogP contribution in [-0.2, 0) is 22.6 Å². The molecule has 0 bridgehead atoms. The summed E-state index contributed by atoms with van der Waals surface area (Å²) >= 11 is 0. The number of cyclic esters (lactones) is 1. The van der Waals surface area contributed by atoms with Crippen molar-refractivity contribution in [1.82, 2.24) is 4.98 Å². The molecule has 2 aromatic heterocycles. The number of nitrogens with zero attached hydrogens (tertiary/aromatic N) is 1. The lowest BCUT2D eigenvalue weighted by molar-refractivity contribution is -0.117. The van der Waals surface area contributed by atoms with Gasteiger partial charge in [-0.15, -0.1) is 0 Å². The van der Waals surface area contributed by atoms with Crippen LogP contribution >= 0.6 is 0 Å². The van der Waals surface area contributed by atoms with Crippen molar-refractivity contribution < 1.29 is 18.7 Å². The Morgan fingerprint density at radius 2 is 1.90 bits per heavy atom. The number of furan rings is 1. The Morgan fingerprint density at radius 1 is 1.07 bits per heavy atom. The molecule has 0 saturated heterocycles. The van der Waals surface area contributed by atoms with Crippen LogP contribution in [0.4, 0.5) is 0 Å². The van der Waals surface area contributed by atoms with Crippen molar-refractivity contribution in [1.29, 1.82) is 0 Å². The zero-order valence-electron chi connectivity index (χ0n) is 16.3. The van der Waals surface area contributed by atoms with Gasteiger partial charge in [0.15, 0.2) is 5.76 Å². The number of nitrogens with two attached hydrogens (primary N) is 1. The lowest BCUT2D eigenvalue weighted by Crippen LogP contribution is -2.13. The highest BCUT2D eigenvalue weighted by Gasteiger charge is 2.22. The van der Waals surface area contributed by atoms with Crippen LogP contribution in [0.2, 0.25) is 0 Å². The second kappa shape index (κ2) is 6.84. The highest BCUT2D eigenvalue weighted by Crippen LogP contribution is 2.32. The number of rotatable bonds is 4. The Balaban J connectivity index is 1.51. The molecule has 1 aliphatic rings. The van der Waals surface area contributed by atoms with Crippen molar-refractivity contribution in [3.05, 3.63) is 76.9 Å². The van der Waals surface area contributed by atoms with E-state index in [4.69, 9.17) is 19.9 Å². The van der Waals surface area contributed by atoms with Crippen molar-refractivity contribution in [2.24, 2.45) is 5.73 Å². The summed E-state index contributed by atoms with van der Waals surface area (Å²) in [5.41, 5.74) is 11.0.